The Bertz CT molecular complexity index is 662. The fourth-order valence-electron chi connectivity index (χ4n) is 2.43. The van der Waals surface area contributed by atoms with E-state index < -0.39 is 11.9 Å². The van der Waals surface area contributed by atoms with Crippen LogP contribution in [0, 0.1) is 11.6 Å². The molecule has 20 heavy (non-hydrogen) atoms. The topological polar surface area (TPSA) is 35.2 Å². The second-order valence-corrected chi connectivity index (χ2v) is 5.71. The van der Waals surface area contributed by atoms with E-state index in [-0.39, 0.29) is 11.9 Å². The highest BCUT2D eigenvalue weighted by Crippen LogP contribution is 2.40. The number of benzene rings is 2. The van der Waals surface area contributed by atoms with Crippen LogP contribution in [0.25, 0.3) is 0 Å². The molecule has 104 valence electrons. The van der Waals surface area contributed by atoms with Crippen molar-refractivity contribution < 1.29 is 13.5 Å². The Morgan fingerprint density at radius 3 is 2.60 bits per heavy atom. The van der Waals surface area contributed by atoms with Crippen molar-refractivity contribution in [1.29, 1.82) is 0 Å². The molecule has 2 N–H and O–H groups in total. The van der Waals surface area contributed by atoms with Gasteiger partial charge in [0, 0.05) is 34.1 Å². The third kappa shape index (κ3) is 2.43. The van der Waals surface area contributed by atoms with Gasteiger partial charge in [-0.05, 0) is 18.2 Å². The molecule has 0 saturated carbocycles. The molecule has 0 radical (unpaired) electrons. The van der Waals surface area contributed by atoms with E-state index in [9.17, 15) is 8.78 Å². The first kappa shape index (κ1) is 13.5. The summed E-state index contributed by atoms with van der Waals surface area (Å²) >= 11 is 3.21. The van der Waals surface area contributed by atoms with Crippen LogP contribution in [0.3, 0.4) is 0 Å². The van der Waals surface area contributed by atoms with Crippen molar-refractivity contribution in [2.75, 3.05) is 0 Å². The molecule has 1 aliphatic heterocycles. The van der Waals surface area contributed by atoms with Crippen LogP contribution in [0.2, 0.25) is 0 Å². The zero-order valence-electron chi connectivity index (χ0n) is 10.4. The summed E-state index contributed by atoms with van der Waals surface area (Å²) < 4.78 is 33.6. The van der Waals surface area contributed by atoms with Gasteiger partial charge in [-0.25, -0.2) is 8.78 Å². The molecule has 2 aromatic rings. The van der Waals surface area contributed by atoms with E-state index in [1.165, 1.54) is 18.2 Å². The molecule has 5 heteroatoms. The lowest BCUT2D eigenvalue weighted by Crippen LogP contribution is -2.24. The first-order valence-corrected chi connectivity index (χ1v) is 7.00. The van der Waals surface area contributed by atoms with Crippen LogP contribution < -0.4 is 10.5 Å². The quantitative estimate of drug-likeness (QED) is 0.842. The zero-order chi connectivity index (χ0) is 14.3. The van der Waals surface area contributed by atoms with Gasteiger partial charge in [-0.3, -0.25) is 0 Å². The summed E-state index contributed by atoms with van der Waals surface area (Å²) in [5, 5.41) is 0. The minimum Gasteiger partial charge on any atom is -0.485 e. The third-order valence-electron chi connectivity index (χ3n) is 3.42. The van der Waals surface area contributed by atoms with Gasteiger partial charge in [-0.15, -0.1) is 0 Å². The van der Waals surface area contributed by atoms with E-state index in [2.05, 4.69) is 15.9 Å². The lowest BCUT2D eigenvalue weighted by molar-refractivity contribution is 0.156. The Morgan fingerprint density at radius 2 is 1.85 bits per heavy atom. The monoisotopic (exact) mass is 339 g/mol. The van der Waals surface area contributed by atoms with Crippen molar-refractivity contribution in [3.8, 4) is 5.75 Å². The van der Waals surface area contributed by atoms with Crippen LogP contribution in [-0.4, -0.2) is 0 Å². The van der Waals surface area contributed by atoms with Crippen LogP contribution in [0.15, 0.2) is 40.9 Å². The number of rotatable bonds is 1. The molecule has 0 bridgehead atoms. The number of hydrogen-bond acceptors (Lipinski definition) is 2. The molecule has 0 amide bonds. The fourth-order valence-corrected chi connectivity index (χ4v) is 2.76. The van der Waals surface area contributed by atoms with E-state index in [0.29, 0.717) is 22.2 Å². The van der Waals surface area contributed by atoms with Crippen LogP contribution in [0.4, 0.5) is 8.78 Å². The molecular weight excluding hydrogens is 328 g/mol. The minimum atomic E-state index is -0.507. The van der Waals surface area contributed by atoms with Crippen molar-refractivity contribution in [3.05, 3.63) is 63.6 Å². The van der Waals surface area contributed by atoms with Crippen LogP contribution in [-0.2, 0) is 0 Å². The van der Waals surface area contributed by atoms with E-state index in [1.54, 1.807) is 18.2 Å². The molecule has 2 atom stereocenters. The van der Waals surface area contributed by atoms with Crippen molar-refractivity contribution in [2.45, 2.75) is 18.6 Å². The SMILES string of the molecule is N[C@@H]1CC(c2ccc(Br)cc2F)Oc2cc(F)ccc21. The zero-order valence-corrected chi connectivity index (χ0v) is 12.0. The van der Waals surface area contributed by atoms with Crippen LogP contribution >= 0.6 is 15.9 Å². The van der Waals surface area contributed by atoms with Gasteiger partial charge in [0.25, 0.3) is 0 Å². The van der Waals surface area contributed by atoms with Gasteiger partial charge in [0.1, 0.15) is 23.5 Å². The number of halogens is 3. The maximum absolute atomic E-state index is 14.0. The highest BCUT2D eigenvalue weighted by molar-refractivity contribution is 9.10. The van der Waals surface area contributed by atoms with E-state index >= 15 is 0 Å². The van der Waals surface area contributed by atoms with Crippen molar-refractivity contribution >= 4 is 15.9 Å². The maximum Gasteiger partial charge on any atom is 0.131 e. The van der Waals surface area contributed by atoms with Gasteiger partial charge in [-0.1, -0.05) is 28.1 Å². The minimum absolute atomic E-state index is 0.299. The van der Waals surface area contributed by atoms with E-state index in [0.717, 1.165) is 5.56 Å². The lowest BCUT2D eigenvalue weighted by atomic mass is 9.93. The lowest BCUT2D eigenvalue weighted by Gasteiger charge is -2.30. The number of ether oxygens (including phenoxy) is 1. The molecule has 0 saturated heterocycles. The van der Waals surface area contributed by atoms with Gasteiger partial charge in [-0.2, -0.15) is 0 Å². The Morgan fingerprint density at radius 1 is 1.10 bits per heavy atom. The molecular formula is C15H12BrF2NO. The third-order valence-corrected chi connectivity index (χ3v) is 3.91. The first-order chi connectivity index (χ1) is 9.54. The molecule has 0 aromatic heterocycles. The Kier molecular flexibility index (Phi) is 3.48. The normalized spacial score (nSPS) is 21.2. The summed E-state index contributed by atoms with van der Waals surface area (Å²) in [6, 6.07) is 8.73. The number of fused-ring (bicyclic) bond motifs is 1. The average molecular weight is 340 g/mol. The standard InChI is InChI=1S/C15H12BrF2NO/c16-8-1-3-10(12(18)5-8)15-7-13(19)11-4-2-9(17)6-14(11)20-15/h1-6,13,15H,7,19H2/t13-,15?/m1/s1. The summed E-state index contributed by atoms with van der Waals surface area (Å²) in [5.74, 6) is -0.375. The van der Waals surface area contributed by atoms with Gasteiger partial charge in [0.05, 0.1) is 0 Å². The second-order valence-electron chi connectivity index (χ2n) is 4.80. The largest absolute Gasteiger partial charge is 0.485 e. The van der Waals surface area contributed by atoms with Gasteiger partial charge in [0.2, 0.25) is 0 Å². The second kappa shape index (κ2) is 5.14. The Balaban J connectivity index is 1.98. The molecule has 2 aromatic carbocycles. The first-order valence-electron chi connectivity index (χ1n) is 6.21. The average Bonchev–Trinajstić information content (AvgIpc) is 2.37. The number of nitrogens with two attached hydrogens (primary N) is 1. The highest BCUT2D eigenvalue weighted by Gasteiger charge is 2.29. The molecule has 2 nitrogen and oxygen atoms in total. The molecule has 1 unspecified atom stereocenters. The summed E-state index contributed by atoms with van der Waals surface area (Å²) in [6.45, 7) is 0. The van der Waals surface area contributed by atoms with E-state index in [4.69, 9.17) is 10.5 Å². The van der Waals surface area contributed by atoms with Crippen LogP contribution in [0.1, 0.15) is 29.7 Å². The summed E-state index contributed by atoms with van der Waals surface area (Å²) in [4.78, 5) is 0. The predicted octanol–water partition coefficient (Wildman–Crippen LogP) is 4.25. The maximum atomic E-state index is 14.0. The molecule has 0 aliphatic carbocycles. The molecule has 1 aliphatic rings. The molecule has 0 spiro atoms. The summed E-state index contributed by atoms with van der Waals surface area (Å²) in [5.41, 5.74) is 7.25. The predicted molar refractivity (Wildman–Crippen MR) is 75.4 cm³/mol. The molecule has 3 rings (SSSR count). The summed E-state index contributed by atoms with van der Waals surface area (Å²) in [6.07, 6.45) is -0.0515. The molecule has 0 fully saturated rings. The van der Waals surface area contributed by atoms with Crippen molar-refractivity contribution in [1.82, 2.24) is 0 Å². The van der Waals surface area contributed by atoms with Gasteiger partial charge >= 0.3 is 0 Å². The molecule has 1 heterocycles. The Hall–Kier alpha value is -1.46. The van der Waals surface area contributed by atoms with Gasteiger partial charge < -0.3 is 10.5 Å². The number of hydrogen-bond donors (Lipinski definition) is 1. The highest BCUT2D eigenvalue weighted by atomic mass is 79.9. The van der Waals surface area contributed by atoms with Crippen LogP contribution in [0.5, 0.6) is 5.75 Å². The Labute approximate surface area is 123 Å². The summed E-state index contributed by atoms with van der Waals surface area (Å²) in [7, 11) is 0. The van der Waals surface area contributed by atoms with Crippen molar-refractivity contribution in [3.63, 3.8) is 0 Å². The van der Waals surface area contributed by atoms with Gasteiger partial charge in [0.15, 0.2) is 0 Å². The fraction of sp³-hybridized carbons (Fsp3) is 0.200. The smallest absolute Gasteiger partial charge is 0.131 e. The van der Waals surface area contributed by atoms with E-state index in [1.807, 2.05) is 0 Å². The van der Waals surface area contributed by atoms with Crippen molar-refractivity contribution in [2.24, 2.45) is 5.73 Å².